The summed E-state index contributed by atoms with van der Waals surface area (Å²) in [5.74, 6) is 0. The zero-order chi connectivity index (χ0) is 11.4. The van der Waals surface area contributed by atoms with E-state index in [9.17, 15) is 5.11 Å². The minimum Gasteiger partial charge on any atom is -0.390 e. The van der Waals surface area contributed by atoms with Crippen LogP contribution in [0.2, 0.25) is 0 Å². The van der Waals surface area contributed by atoms with Crippen LogP contribution in [0.4, 0.5) is 0 Å². The zero-order valence-corrected chi connectivity index (χ0v) is 10.4. The first-order chi connectivity index (χ1) is 7.72. The minimum absolute atomic E-state index is 0.374. The van der Waals surface area contributed by atoms with Crippen LogP contribution in [0.1, 0.15) is 51.9 Å². The van der Waals surface area contributed by atoms with Gasteiger partial charge in [0, 0.05) is 18.7 Å². The van der Waals surface area contributed by atoms with Crippen molar-refractivity contribution in [3.05, 3.63) is 0 Å². The van der Waals surface area contributed by atoms with Gasteiger partial charge in [0.25, 0.3) is 0 Å². The van der Waals surface area contributed by atoms with E-state index in [2.05, 4.69) is 12.2 Å². The van der Waals surface area contributed by atoms with E-state index in [0.717, 1.165) is 45.3 Å². The van der Waals surface area contributed by atoms with Crippen LogP contribution < -0.4 is 5.32 Å². The minimum atomic E-state index is -0.374. The smallest absolute Gasteiger partial charge is 0.0646 e. The quantitative estimate of drug-likeness (QED) is 0.773. The van der Waals surface area contributed by atoms with Crippen LogP contribution in [0.25, 0.3) is 0 Å². The second kappa shape index (κ2) is 5.48. The van der Waals surface area contributed by atoms with E-state index in [4.69, 9.17) is 4.74 Å². The van der Waals surface area contributed by atoms with Crippen LogP contribution >= 0.6 is 0 Å². The average molecular weight is 227 g/mol. The zero-order valence-electron chi connectivity index (χ0n) is 10.4. The lowest BCUT2D eigenvalue weighted by molar-refractivity contribution is -0.0112. The van der Waals surface area contributed by atoms with E-state index < -0.39 is 0 Å². The van der Waals surface area contributed by atoms with E-state index in [1.54, 1.807) is 0 Å². The number of hydrogen-bond acceptors (Lipinski definition) is 3. The summed E-state index contributed by atoms with van der Waals surface area (Å²) in [6.45, 7) is 3.88. The predicted octanol–water partition coefficient (Wildman–Crippen LogP) is 1.84. The summed E-state index contributed by atoms with van der Waals surface area (Å²) in [7, 11) is 0. The molecule has 2 aliphatic rings. The van der Waals surface area contributed by atoms with Gasteiger partial charge in [-0.25, -0.2) is 0 Å². The van der Waals surface area contributed by atoms with Crippen molar-refractivity contribution in [1.82, 2.24) is 5.32 Å². The summed E-state index contributed by atoms with van der Waals surface area (Å²) in [6.07, 6.45) is 7.45. The normalized spacial score (nSPS) is 40.9. The van der Waals surface area contributed by atoms with Crippen LogP contribution in [0, 0.1) is 0 Å². The SMILES string of the molecule is CCC1(O)CCC(NC2CCCOC2)CC1. The van der Waals surface area contributed by atoms with Gasteiger partial charge in [0.15, 0.2) is 0 Å². The number of nitrogens with one attached hydrogen (secondary N) is 1. The molecule has 1 aliphatic heterocycles. The average Bonchev–Trinajstić information content (AvgIpc) is 2.34. The van der Waals surface area contributed by atoms with Crippen LogP contribution in [-0.2, 0) is 4.74 Å². The third-order valence-corrected chi connectivity index (χ3v) is 4.21. The lowest BCUT2D eigenvalue weighted by Crippen LogP contribution is -2.47. The van der Waals surface area contributed by atoms with Crippen molar-refractivity contribution in [3.63, 3.8) is 0 Å². The van der Waals surface area contributed by atoms with Crippen molar-refractivity contribution >= 4 is 0 Å². The second-order valence-corrected chi connectivity index (χ2v) is 5.43. The Morgan fingerprint density at radius 1 is 1.25 bits per heavy atom. The molecule has 0 spiro atoms. The molecule has 1 heterocycles. The molecule has 2 fully saturated rings. The van der Waals surface area contributed by atoms with Gasteiger partial charge < -0.3 is 15.2 Å². The fourth-order valence-electron chi connectivity index (χ4n) is 2.88. The molecule has 0 aromatic rings. The standard InChI is InChI=1S/C13H25NO2/c1-2-13(15)7-5-11(6-8-13)14-12-4-3-9-16-10-12/h11-12,14-15H,2-10H2,1H3. The molecule has 0 bridgehead atoms. The molecule has 3 heteroatoms. The van der Waals surface area contributed by atoms with Gasteiger partial charge in [-0.1, -0.05) is 6.92 Å². The molecule has 1 aliphatic carbocycles. The highest BCUT2D eigenvalue weighted by Crippen LogP contribution is 2.31. The molecular formula is C13H25NO2. The number of rotatable bonds is 3. The molecule has 0 radical (unpaired) electrons. The topological polar surface area (TPSA) is 41.5 Å². The van der Waals surface area contributed by atoms with E-state index in [1.165, 1.54) is 12.8 Å². The Morgan fingerprint density at radius 3 is 2.56 bits per heavy atom. The first kappa shape index (κ1) is 12.3. The summed E-state index contributed by atoms with van der Waals surface area (Å²) in [6, 6.07) is 1.14. The lowest BCUT2D eigenvalue weighted by Gasteiger charge is -2.37. The number of ether oxygens (including phenoxy) is 1. The predicted molar refractivity (Wildman–Crippen MR) is 64.5 cm³/mol. The van der Waals surface area contributed by atoms with Crippen molar-refractivity contribution in [2.45, 2.75) is 69.6 Å². The molecule has 2 N–H and O–H groups in total. The van der Waals surface area contributed by atoms with Gasteiger partial charge in [0.2, 0.25) is 0 Å². The van der Waals surface area contributed by atoms with Gasteiger partial charge in [0.1, 0.15) is 0 Å². The van der Waals surface area contributed by atoms with Gasteiger partial charge >= 0.3 is 0 Å². The fraction of sp³-hybridized carbons (Fsp3) is 1.00. The first-order valence-electron chi connectivity index (χ1n) is 6.78. The van der Waals surface area contributed by atoms with Crippen molar-refractivity contribution in [3.8, 4) is 0 Å². The Kier molecular flexibility index (Phi) is 4.22. The van der Waals surface area contributed by atoms with Gasteiger partial charge in [-0.05, 0) is 44.9 Å². The molecule has 0 aromatic heterocycles. The Bertz CT molecular complexity index is 206. The highest BCUT2D eigenvalue weighted by molar-refractivity contribution is 4.88. The number of hydrogen-bond donors (Lipinski definition) is 2. The molecule has 1 saturated heterocycles. The molecule has 1 atom stereocenters. The van der Waals surface area contributed by atoms with Crippen molar-refractivity contribution in [2.24, 2.45) is 0 Å². The van der Waals surface area contributed by atoms with E-state index in [0.29, 0.717) is 12.1 Å². The van der Waals surface area contributed by atoms with Crippen LogP contribution in [0.15, 0.2) is 0 Å². The molecule has 94 valence electrons. The van der Waals surface area contributed by atoms with Gasteiger partial charge in [-0.15, -0.1) is 0 Å². The molecule has 1 unspecified atom stereocenters. The second-order valence-electron chi connectivity index (χ2n) is 5.43. The Balaban J connectivity index is 1.72. The maximum absolute atomic E-state index is 10.2. The fourth-order valence-corrected chi connectivity index (χ4v) is 2.88. The summed E-state index contributed by atoms with van der Waals surface area (Å²) in [5, 5.41) is 13.8. The van der Waals surface area contributed by atoms with Gasteiger partial charge in [0.05, 0.1) is 12.2 Å². The first-order valence-corrected chi connectivity index (χ1v) is 6.78. The van der Waals surface area contributed by atoms with Crippen LogP contribution in [-0.4, -0.2) is 36.0 Å². The van der Waals surface area contributed by atoms with Gasteiger partial charge in [-0.2, -0.15) is 0 Å². The maximum Gasteiger partial charge on any atom is 0.0646 e. The number of aliphatic hydroxyl groups is 1. The van der Waals surface area contributed by atoms with Crippen molar-refractivity contribution in [2.75, 3.05) is 13.2 Å². The Hall–Kier alpha value is -0.120. The molecule has 16 heavy (non-hydrogen) atoms. The van der Waals surface area contributed by atoms with Crippen LogP contribution in [0.3, 0.4) is 0 Å². The lowest BCUT2D eigenvalue weighted by atomic mass is 9.80. The summed E-state index contributed by atoms with van der Waals surface area (Å²) in [5.41, 5.74) is -0.374. The monoisotopic (exact) mass is 227 g/mol. The molecule has 2 rings (SSSR count). The summed E-state index contributed by atoms with van der Waals surface area (Å²) in [4.78, 5) is 0. The van der Waals surface area contributed by atoms with Crippen molar-refractivity contribution < 1.29 is 9.84 Å². The van der Waals surface area contributed by atoms with E-state index in [1.807, 2.05) is 0 Å². The van der Waals surface area contributed by atoms with E-state index in [-0.39, 0.29) is 5.60 Å². The van der Waals surface area contributed by atoms with E-state index >= 15 is 0 Å². The van der Waals surface area contributed by atoms with Crippen molar-refractivity contribution in [1.29, 1.82) is 0 Å². The molecule has 0 aromatic carbocycles. The molecular weight excluding hydrogens is 202 g/mol. The highest BCUT2D eigenvalue weighted by atomic mass is 16.5. The van der Waals surface area contributed by atoms with Gasteiger partial charge in [-0.3, -0.25) is 0 Å². The Morgan fingerprint density at radius 2 is 2.00 bits per heavy atom. The highest BCUT2D eigenvalue weighted by Gasteiger charge is 2.32. The van der Waals surface area contributed by atoms with Crippen LogP contribution in [0.5, 0.6) is 0 Å². The Labute approximate surface area is 98.6 Å². The maximum atomic E-state index is 10.2. The molecule has 1 saturated carbocycles. The molecule has 3 nitrogen and oxygen atoms in total. The summed E-state index contributed by atoms with van der Waals surface area (Å²) >= 11 is 0. The summed E-state index contributed by atoms with van der Waals surface area (Å²) < 4.78 is 5.47. The third-order valence-electron chi connectivity index (χ3n) is 4.21. The largest absolute Gasteiger partial charge is 0.390 e. The third kappa shape index (κ3) is 3.19. The molecule has 0 amide bonds.